The number of anilines is 1. The molecular formula is C22H31BrN4O2. The maximum atomic E-state index is 11.5. The molecule has 1 aliphatic rings. The highest BCUT2D eigenvalue weighted by atomic mass is 79.9. The third-order valence-electron chi connectivity index (χ3n) is 5.04. The number of nitrogens with zero attached hydrogens (tertiary/aromatic N) is 1. The monoisotopic (exact) mass is 462 g/mol. The second kappa shape index (κ2) is 9.96. The summed E-state index contributed by atoms with van der Waals surface area (Å²) >= 11 is 3.54. The van der Waals surface area contributed by atoms with Crippen molar-refractivity contribution in [2.45, 2.75) is 39.7 Å². The van der Waals surface area contributed by atoms with Crippen molar-refractivity contribution in [2.24, 2.45) is 17.6 Å². The Hall–Kier alpha value is -2.28. The number of hydrogen-bond acceptors (Lipinski definition) is 4. The maximum absolute atomic E-state index is 11.5. The molecule has 2 amide bonds. The summed E-state index contributed by atoms with van der Waals surface area (Å²) in [4.78, 5) is 25.3. The molecule has 4 N–H and O–H groups in total. The van der Waals surface area contributed by atoms with Crippen molar-refractivity contribution in [3.63, 3.8) is 0 Å². The first-order valence-corrected chi connectivity index (χ1v) is 10.6. The lowest BCUT2D eigenvalue weighted by molar-refractivity contribution is -0.120. The summed E-state index contributed by atoms with van der Waals surface area (Å²) in [6.45, 7) is 16.2. The number of rotatable bonds is 8. The van der Waals surface area contributed by atoms with Crippen LogP contribution in [-0.4, -0.2) is 35.8 Å². The Morgan fingerprint density at radius 3 is 2.45 bits per heavy atom. The number of nitrogens with two attached hydrogens (primary N) is 1. The lowest BCUT2D eigenvalue weighted by atomic mass is 9.91. The van der Waals surface area contributed by atoms with Gasteiger partial charge in [0.2, 0.25) is 11.8 Å². The van der Waals surface area contributed by atoms with E-state index in [2.05, 4.69) is 58.5 Å². The van der Waals surface area contributed by atoms with Crippen LogP contribution in [0.1, 0.15) is 39.2 Å². The van der Waals surface area contributed by atoms with E-state index in [4.69, 9.17) is 5.73 Å². The van der Waals surface area contributed by atoms with Crippen molar-refractivity contribution in [2.75, 3.05) is 18.4 Å². The first-order valence-electron chi connectivity index (χ1n) is 9.81. The van der Waals surface area contributed by atoms with E-state index in [1.54, 1.807) is 0 Å². The molecule has 0 aromatic heterocycles. The van der Waals surface area contributed by atoms with Gasteiger partial charge in [0.15, 0.2) is 0 Å². The number of carbonyl (C=O) groups excluding carboxylic acids is 2. The van der Waals surface area contributed by atoms with Crippen LogP contribution in [0, 0.1) is 11.8 Å². The molecule has 0 spiro atoms. The van der Waals surface area contributed by atoms with E-state index in [1.807, 2.05) is 18.2 Å². The van der Waals surface area contributed by atoms with Crippen molar-refractivity contribution >= 4 is 39.1 Å². The molecule has 0 unspecified atom stereocenters. The lowest BCUT2D eigenvalue weighted by Gasteiger charge is -2.38. The molecular weight excluding hydrogens is 432 g/mol. The van der Waals surface area contributed by atoms with E-state index in [0.717, 1.165) is 34.5 Å². The largest absolute Gasteiger partial charge is 0.371 e. The van der Waals surface area contributed by atoms with Crippen LogP contribution in [0.5, 0.6) is 0 Å². The summed E-state index contributed by atoms with van der Waals surface area (Å²) in [5, 5.41) is 5.99. The zero-order valence-electron chi connectivity index (χ0n) is 17.4. The molecule has 1 aromatic carbocycles. The van der Waals surface area contributed by atoms with Gasteiger partial charge in [-0.3, -0.25) is 9.59 Å². The van der Waals surface area contributed by atoms with Gasteiger partial charge in [0.1, 0.15) is 0 Å². The van der Waals surface area contributed by atoms with Gasteiger partial charge in [-0.15, -0.1) is 0 Å². The molecule has 1 heterocycles. The van der Waals surface area contributed by atoms with Crippen molar-refractivity contribution in [1.29, 1.82) is 0 Å². The smallest absolute Gasteiger partial charge is 0.219 e. The summed E-state index contributed by atoms with van der Waals surface area (Å²) < 4.78 is 0.943. The van der Waals surface area contributed by atoms with Crippen molar-refractivity contribution in [3.05, 3.63) is 47.1 Å². The fraction of sp³-hybridized carbons (Fsp3) is 0.455. The Kier molecular flexibility index (Phi) is 7.90. The molecule has 1 fully saturated rings. The van der Waals surface area contributed by atoms with Crippen LogP contribution in [0.4, 0.5) is 5.69 Å². The molecule has 6 nitrogen and oxygen atoms in total. The summed E-state index contributed by atoms with van der Waals surface area (Å²) in [6, 6.07) is 5.28. The predicted molar refractivity (Wildman–Crippen MR) is 122 cm³/mol. The Balaban J connectivity index is 2.27. The minimum Gasteiger partial charge on any atom is -0.371 e. The van der Waals surface area contributed by atoms with Gasteiger partial charge in [-0.1, -0.05) is 42.9 Å². The maximum Gasteiger partial charge on any atom is 0.219 e. The SMILES string of the molecule is C=C(Nc1ccc(Br)cc1C(=C)N1C[C@H](C)C[C@H](C)C1)[C@H](CC(N)=O)NC(C)=O. The number of benzene rings is 1. The summed E-state index contributed by atoms with van der Waals surface area (Å²) in [5.74, 6) is 0.446. The molecule has 0 saturated carbocycles. The Morgan fingerprint density at radius 2 is 1.90 bits per heavy atom. The number of halogens is 1. The zero-order chi connectivity index (χ0) is 21.7. The summed E-state index contributed by atoms with van der Waals surface area (Å²) in [5.41, 5.74) is 8.53. The molecule has 1 aromatic rings. The van der Waals surface area contributed by atoms with E-state index in [-0.39, 0.29) is 12.3 Å². The van der Waals surface area contributed by atoms with Gasteiger partial charge in [0.05, 0.1) is 12.5 Å². The zero-order valence-corrected chi connectivity index (χ0v) is 19.0. The molecule has 158 valence electrons. The fourth-order valence-electron chi connectivity index (χ4n) is 3.89. The van der Waals surface area contributed by atoms with E-state index in [1.165, 1.54) is 13.3 Å². The van der Waals surface area contributed by atoms with Crippen LogP contribution in [0.25, 0.3) is 5.70 Å². The van der Waals surface area contributed by atoms with Crippen molar-refractivity contribution in [1.82, 2.24) is 10.2 Å². The summed E-state index contributed by atoms with van der Waals surface area (Å²) in [7, 11) is 0. The third-order valence-corrected chi connectivity index (χ3v) is 5.54. The first-order chi connectivity index (χ1) is 13.6. The molecule has 7 heteroatoms. The standard InChI is InChI=1S/C22H31BrN4O2/c1-13-8-14(2)12-27(11-13)16(4)19-9-18(23)6-7-20(19)25-15(3)21(10-22(24)29)26-17(5)28/h6-7,9,13-14,21,25H,3-4,8,10-12H2,1-2,5H3,(H2,24,29)(H,26,28)/t13-,14+,21-/m0/s1. The minimum absolute atomic E-state index is 0.0284. The second-order valence-electron chi connectivity index (χ2n) is 8.06. The van der Waals surface area contributed by atoms with Gasteiger partial charge in [0.25, 0.3) is 0 Å². The van der Waals surface area contributed by atoms with Gasteiger partial charge in [-0.05, 0) is 36.5 Å². The number of hydrogen-bond donors (Lipinski definition) is 3. The molecule has 1 saturated heterocycles. The topological polar surface area (TPSA) is 87.5 Å². The van der Waals surface area contributed by atoms with Crippen molar-refractivity contribution < 1.29 is 9.59 Å². The summed E-state index contributed by atoms with van der Waals surface area (Å²) in [6.07, 6.45) is 1.19. The molecule has 1 aliphatic heterocycles. The van der Waals surface area contributed by atoms with Gasteiger partial charge in [-0.25, -0.2) is 0 Å². The van der Waals surface area contributed by atoms with Gasteiger partial charge >= 0.3 is 0 Å². The highest BCUT2D eigenvalue weighted by molar-refractivity contribution is 9.10. The van der Waals surface area contributed by atoms with E-state index in [9.17, 15) is 9.59 Å². The molecule has 29 heavy (non-hydrogen) atoms. The molecule has 3 atom stereocenters. The van der Waals surface area contributed by atoms with Crippen molar-refractivity contribution in [3.8, 4) is 0 Å². The van der Waals surface area contributed by atoms with Crippen LogP contribution in [-0.2, 0) is 9.59 Å². The van der Waals surface area contributed by atoms with Gasteiger partial charge < -0.3 is 21.3 Å². The Bertz CT molecular complexity index is 782. The normalized spacial score (nSPS) is 19.9. The second-order valence-corrected chi connectivity index (χ2v) is 8.98. The van der Waals surface area contributed by atoms with E-state index >= 15 is 0 Å². The highest BCUT2D eigenvalue weighted by Gasteiger charge is 2.25. The predicted octanol–water partition coefficient (Wildman–Crippen LogP) is 3.70. The first kappa shape index (κ1) is 23.0. The van der Waals surface area contributed by atoms with Gasteiger partial charge in [0, 0.05) is 47.1 Å². The van der Waals surface area contributed by atoms with Crippen LogP contribution >= 0.6 is 15.9 Å². The highest BCUT2D eigenvalue weighted by Crippen LogP contribution is 2.33. The third kappa shape index (κ3) is 6.63. The average Bonchev–Trinajstić information content (AvgIpc) is 2.60. The van der Waals surface area contributed by atoms with Crippen LogP contribution in [0.15, 0.2) is 41.5 Å². The van der Waals surface area contributed by atoms with E-state index in [0.29, 0.717) is 17.5 Å². The number of carbonyl (C=O) groups is 2. The number of amides is 2. The van der Waals surface area contributed by atoms with Crippen LogP contribution in [0.3, 0.4) is 0 Å². The molecule has 0 radical (unpaired) electrons. The quantitative estimate of drug-likeness (QED) is 0.549. The van der Waals surface area contributed by atoms with E-state index < -0.39 is 11.9 Å². The Labute approximate surface area is 181 Å². The number of likely N-dealkylation sites (tertiary alicyclic amines) is 1. The number of piperidine rings is 1. The number of nitrogens with one attached hydrogen (secondary N) is 2. The van der Waals surface area contributed by atoms with Gasteiger partial charge in [-0.2, -0.15) is 0 Å². The molecule has 2 rings (SSSR count). The van der Waals surface area contributed by atoms with Crippen LogP contribution < -0.4 is 16.4 Å². The number of primary amides is 1. The fourth-order valence-corrected chi connectivity index (χ4v) is 4.25. The average molecular weight is 463 g/mol. The Morgan fingerprint density at radius 1 is 1.28 bits per heavy atom. The molecule has 0 aliphatic carbocycles. The minimum atomic E-state index is -0.593. The van der Waals surface area contributed by atoms with Crippen LogP contribution in [0.2, 0.25) is 0 Å². The lowest BCUT2D eigenvalue weighted by Crippen LogP contribution is -2.40. The molecule has 0 bridgehead atoms.